The lowest BCUT2D eigenvalue weighted by Crippen LogP contribution is -2.59. The highest BCUT2D eigenvalue weighted by Crippen LogP contribution is 2.64. The Hall–Kier alpha value is -1.18. The predicted octanol–water partition coefficient (Wildman–Crippen LogP) is 4.88. The number of morpholine rings is 1. The second-order valence-electron chi connectivity index (χ2n) is 11.9. The first kappa shape index (κ1) is 22.1. The van der Waals surface area contributed by atoms with E-state index in [2.05, 4.69) is 29.2 Å². The van der Waals surface area contributed by atoms with Crippen LogP contribution in [-0.2, 0) is 19.2 Å². The maximum absolute atomic E-state index is 6.96. The minimum atomic E-state index is -0.564. The molecule has 0 N–H and O–H groups in total. The fourth-order valence-corrected chi connectivity index (χ4v) is 8.21. The van der Waals surface area contributed by atoms with Crippen LogP contribution in [0.1, 0.15) is 69.3 Å². The van der Waals surface area contributed by atoms with Gasteiger partial charge in [0, 0.05) is 44.3 Å². The Balaban J connectivity index is 0.981. The predicted molar refractivity (Wildman–Crippen MR) is 126 cm³/mol. The summed E-state index contributed by atoms with van der Waals surface area (Å²) in [5, 5.41) is 0. The van der Waals surface area contributed by atoms with Gasteiger partial charge in [-0.1, -0.05) is 12.1 Å². The van der Waals surface area contributed by atoms with Crippen molar-refractivity contribution in [3.05, 3.63) is 29.8 Å². The number of rotatable bonds is 5. The van der Waals surface area contributed by atoms with Gasteiger partial charge < -0.3 is 14.2 Å². The zero-order valence-electron chi connectivity index (χ0n) is 20.3. The van der Waals surface area contributed by atoms with Crippen molar-refractivity contribution in [1.82, 2.24) is 4.90 Å². The summed E-state index contributed by atoms with van der Waals surface area (Å²) in [5.41, 5.74) is 1.36. The van der Waals surface area contributed by atoms with Gasteiger partial charge in [0.05, 0.1) is 13.2 Å². The van der Waals surface area contributed by atoms with Crippen LogP contribution >= 0.6 is 0 Å². The Morgan fingerprint density at radius 3 is 2.38 bits per heavy atom. The van der Waals surface area contributed by atoms with Gasteiger partial charge in [-0.05, 0) is 80.4 Å². The van der Waals surface area contributed by atoms with Crippen LogP contribution in [0.15, 0.2) is 24.3 Å². The van der Waals surface area contributed by atoms with Crippen LogP contribution in [0.25, 0.3) is 0 Å². The second-order valence-corrected chi connectivity index (χ2v) is 11.9. The molecule has 0 unspecified atom stereocenters. The third-order valence-corrected chi connectivity index (χ3v) is 9.74. The number of ether oxygens (including phenoxy) is 3. The van der Waals surface area contributed by atoms with Crippen molar-refractivity contribution < 1.29 is 24.0 Å². The molecule has 2 atom stereocenters. The van der Waals surface area contributed by atoms with E-state index in [4.69, 9.17) is 24.0 Å². The van der Waals surface area contributed by atoms with E-state index < -0.39 is 11.6 Å². The van der Waals surface area contributed by atoms with Gasteiger partial charge in [-0.3, -0.25) is 4.90 Å². The van der Waals surface area contributed by atoms with Crippen molar-refractivity contribution in [2.75, 3.05) is 39.5 Å². The molecule has 1 aromatic rings. The monoisotopic (exact) mass is 469 g/mol. The van der Waals surface area contributed by atoms with E-state index in [-0.39, 0.29) is 0 Å². The van der Waals surface area contributed by atoms with Crippen molar-refractivity contribution in [3.8, 4) is 5.75 Å². The quantitative estimate of drug-likeness (QED) is 0.573. The molecule has 34 heavy (non-hydrogen) atoms. The molecule has 2 spiro atoms. The molecular formula is C28H39NO5. The third-order valence-electron chi connectivity index (χ3n) is 9.74. The minimum absolute atomic E-state index is 0.437. The lowest BCUT2D eigenvalue weighted by atomic mass is 9.53. The van der Waals surface area contributed by atoms with E-state index >= 15 is 0 Å². The summed E-state index contributed by atoms with van der Waals surface area (Å²) in [4.78, 5) is 14.8. The Morgan fingerprint density at radius 1 is 0.912 bits per heavy atom. The Bertz CT molecular complexity index is 840. The van der Waals surface area contributed by atoms with Gasteiger partial charge in [0.1, 0.15) is 12.4 Å². The number of hydrogen-bond acceptors (Lipinski definition) is 6. The van der Waals surface area contributed by atoms with Gasteiger partial charge in [-0.15, -0.1) is 0 Å². The zero-order valence-corrected chi connectivity index (χ0v) is 20.3. The summed E-state index contributed by atoms with van der Waals surface area (Å²) < 4.78 is 18.4. The third kappa shape index (κ3) is 3.90. The zero-order chi connectivity index (χ0) is 22.6. The van der Waals surface area contributed by atoms with E-state index in [1.165, 1.54) is 44.1 Å². The van der Waals surface area contributed by atoms with E-state index in [0.29, 0.717) is 17.8 Å². The first-order valence-electron chi connectivity index (χ1n) is 13.8. The van der Waals surface area contributed by atoms with Crippen molar-refractivity contribution in [1.29, 1.82) is 0 Å². The topological polar surface area (TPSA) is 49.4 Å². The highest BCUT2D eigenvalue weighted by Gasteiger charge is 2.67. The first-order chi connectivity index (χ1) is 16.7. The van der Waals surface area contributed by atoms with Crippen LogP contribution in [0.4, 0.5) is 0 Å². The van der Waals surface area contributed by atoms with E-state index in [1.807, 2.05) is 0 Å². The standard InChI is InChI=1S/C28H39NO5/c1-2-23(22-3-5-26(6-4-22)31-13-10-29-8-11-30-12-9-29)19-27(7-1)32-28(34-33-27)24-15-20-14-21(17-24)18-25(28)16-20/h3-6,20-21,23-25H,1-2,7-19H2/t20?,21?,23-,24?,25?,27-,28?/m1/s1. The normalized spacial score (nSPS) is 43.7. The van der Waals surface area contributed by atoms with Crippen molar-refractivity contribution >= 4 is 0 Å². The molecule has 0 radical (unpaired) electrons. The van der Waals surface area contributed by atoms with E-state index in [0.717, 1.165) is 76.3 Å². The van der Waals surface area contributed by atoms with E-state index in [9.17, 15) is 0 Å². The fraction of sp³-hybridized carbons (Fsp3) is 0.786. The van der Waals surface area contributed by atoms with Gasteiger partial charge in [0.15, 0.2) is 0 Å². The summed E-state index contributed by atoms with van der Waals surface area (Å²) in [6, 6.07) is 8.73. The molecule has 2 saturated heterocycles. The molecule has 5 saturated carbocycles. The molecule has 8 rings (SSSR count). The van der Waals surface area contributed by atoms with Crippen LogP contribution < -0.4 is 4.74 Å². The van der Waals surface area contributed by atoms with Crippen molar-refractivity contribution in [2.24, 2.45) is 23.7 Å². The van der Waals surface area contributed by atoms with Gasteiger partial charge in [0.25, 0.3) is 0 Å². The molecular weight excluding hydrogens is 430 g/mol. The SMILES string of the molecule is c1cc([C@@H]2CCC[C@]3(C2)OOC2(O3)C3CC4CC(C3)CC2C4)ccc1OCCN1CCOCC1. The summed E-state index contributed by atoms with van der Waals surface area (Å²) in [6.45, 7) is 5.35. The summed E-state index contributed by atoms with van der Waals surface area (Å²) >= 11 is 0. The molecule has 2 aliphatic heterocycles. The molecule has 2 heterocycles. The number of nitrogens with zero attached hydrogens (tertiary/aromatic N) is 1. The van der Waals surface area contributed by atoms with Crippen LogP contribution in [0, 0.1) is 23.7 Å². The van der Waals surface area contributed by atoms with Crippen LogP contribution in [0.3, 0.4) is 0 Å². The van der Waals surface area contributed by atoms with Gasteiger partial charge in [-0.2, -0.15) is 9.78 Å². The molecule has 6 heteroatoms. The van der Waals surface area contributed by atoms with Gasteiger partial charge in [-0.25, -0.2) is 0 Å². The van der Waals surface area contributed by atoms with Gasteiger partial charge >= 0.3 is 0 Å². The molecule has 4 bridgehead atoms. The highest BCUT2D eigenvalue weighted by molar-refractivity contribution is 5.30. The number of benzene rings is 1. The van der Waals surface area contributed by atoms with Crippen molar-refractivity contribution in [3.63, 3.8) is 0 Å². The molecule has 6 nitrogen and oxygen atoms in total. The maximum atomic E-state index is 6.96. The molecule has 186 valence electrons. The Labute approximate surface area is 203 Å². The summed E-state index contributed by atoms with van der Waals surface area (Å²) in [5.74, 6) is 3.20. The second kappa shape index (κ2) is 8.74. The molecule has 7 fully saturated rings. The van der Waals surface area contributed by atoms with E-state index in [1.54, 1.807) is 0 Å². The van der Waals surface area contributed by atoms with Crippen LogP contribution in [0.5, 0.6) is 5.75 Å². The molecule has 0 aromatic heterocycles. The van der Waals surface area contributed by atoms with Crippen molar-refractivity contribution in [2.45, 2.75) is 75.3 Å². The number of hydrogen-bond donors (Lipinski definition) is 0. The first-order valence-corrected chi connectivity index (χ1v) is 13.8. The molecule has 7 aliphatic rings. The summed E-state index contributed by atoms with van der Waals surface area (Å²) in [6.07, 6.45) is 10.6. The molecule has 1 aromatic carbocycles. The Morgan fingerprint density at radius 2 is 1.65 bits per heavy atom. The smallest absolute Gasteiger partial charge is 0.210 e. The average molecular weight is 470 g/mol. The fourth-order valence-electron chi connectivity index (χ4n) is 8.21. The maximum Gasteiger partial charge on any atom is 0.210 e. The Kier molecular flexibility index (Phi) is 5.67. The highest BCUT2D eigenvalue weighted by atomic mass is 17.3. The largest absolute Gasteiger partial charge is 0.492 e. The lowest BCUT2D eigenvalue weighted by Gasteiger charge is -2.57. The average Bonchev–Trinajstić information content (AvgIpc) is 3.22. The lowest BCUT2D eigenvalue weighted by molar-refractivity contribution is -0.390. The molecule has 5 aliphatic carbocycles. The van der Waals surface area contributed by atoms with Gasteiger partial charge in [0.2, 0.25) is 11.6 Å². The van der Waals surface area contributed by atoms with Crippen LogP contribution in [0.2, 0.25) is 0 Å². The summed E-state index contributed by atoms with van der Waals surface area (Å²) in [7, 11) is 0. The molecule has 0 amide bonds. The van der Waals surface area contributed by atoms with Crippen LogP contribution in [-0.4, -0.2) is 55.9 Å². The minimum Gasteiger partial charge on any atom is -0.492 e.